The zero-order valence-corrected chi connectivity index (χ0v) is 15.2. The molecule has 0 bridgehead atoms. The number of nitrogens with one attached hydrogen (secondary N) is 1. The molecule has 0 saturated carbocycles. The fourth-order valence-corrected chi connectivity index (χ4v) is 4.30. The molecular formula is C19H23N3O2S. The van der Waals surface area contributed by atoms with Crippen molar-refractivity contribution in [3.05, 3.63) is 47.9 Å². The van der Waals surface area contributed by atoms with Crippen LogP contribution >= 0.6 is 11.3 Å². The number of aromatic nitrogens is 1. The van der Waals surface area contributed by atoms with E-state index in [0.29, 0.717) is 12.6 Å². The highest BCUT2D eigenvalue weighted by atomic mass is 32.1. The van der Waals surface area contributed by atoms with Gasteiger partial charge < -0.3 is 19.4 Å². The molecule has 6 heteroatoms. The quantitative estimate of drug-likeness (QED) is 0.727. The molecule has 1 saturated heterocycles. The Kier molecular flexibility index (Phi) is 5.01. The van der Waals surface area contributed by atoms with Gasteiger partial charge in [-0.2, -0.15) is 0 Å². The smallest absolute Gasteiger partial charge is 0.186 e. The van der Waals surface area contributed by atoms with E-state index in [1.807, 2.05) is 18.2 Å². The number of benzene rings is 1. The SMILES string of the molecule is COCc1ccc(CNC2CCCN(c3nc4ccccc4s3)C2)o1. The second-order valence-electron chi connectivity index (χ2n) is 6.43. The minimum Gasteiger partial charge on any atom is -0.462 e. The molecule has 3 heterocycles. The average Bonchev–Trinajstić information content (AvgIpc) is 3.27. The number of nitrogens with zero attached hydrogens (tertiary/aromatic N) is 2. The first-order valence-electron chi connectivity index (χ1n) is 8.72. The summed E-state index contributed by atoms with van der Waals surface area (Å²) < 4.78 is 12.1. The van der Waals surface area contributed by atoms with Gasteiger partial charge in [-0.25, -0.2) is 4.98 Å². The maximum atomic E-state index is 5.76. The Morgan fingerprint density at radius 2 is 2.16 bits per heavy atom. The summed E-state index contributed by atoms with van der Waals surface area (Å²) in [4.78, 5) is 7.20. The molecule has 0 radical (unpaired) electrons. The van der Waals surface area contributed by atoms with E-state index in [9.17, 15) is 0 Å². The number of thiazole rings is 1. The lowest BCUT2D eigenvalue weighted by Crippen LogP contribution is -2.45. The predicted octanol–water partition coefficient (Wildman–Crippen LogP) is 3.79. The fraction of sp³-hybridized carbons (Fsp3) is 0.421. The van der Waals surface area contributed by atoms with E-state index in [0.717, 1.165) is 41.8 Å². The standard InChI is InChI=1S/C19H23N3O2S/c1-23-13-16-9-8-15(24-16)11-20-14-5-4-10-22(12-14)19-21-17-6-2-3-7-18(17)25-19/h2-3,6-9,14,20H,4-5,10-13H2,1H3. The van der Waals surface area contributed by atoms with Crippen LogP contribution in [0.1, 0.15) is 24.4 Å². The van der Waals surface area contributed by atoms with Crippen LogP contribution < -0.4 is 10.2 Å². The number of furan rings is 1. The zero-order valence-electron chi connectivity index (χ0n) is 14.4. The Morgan fingerprint density at radius 1 is 1.28 bits per heavy atom. The van der Waals surface area contributed by atoms with Gasteiger partial charge in [0.1, 0.15) is 18.1 Å². The predicted molar refractivity (Wildman–Crippen MR) is 101 cm³/mol. The highest BCUT2D eigenvalue weighted by molar-refractivity contribution is 7.22. The monoisotopic (exact) mass is 357 g/mol. The van der Waals surface area contributed by atoms with Gasteiger partial charge >= 0.3 is 0 Å². The van der Waals surface area contributed by atoms with Gasteiger partial charge in [-0.15, -0.1) is 0 Å². The molecule has 1 aromatic carbocycles. The Labute approximate surface area is 151 Å². The third-order valence-electron chi connectivity index (χ3n) is 4.54. The second-order valence-corrected chi connectivity index (χ2v) is 7.44. The molecule has 1 N–H and O–H groups in total. The Balaban J connectivity index is 1.37. The number of anilines is 1. The number of methoxy groups -OCH3 is 1. The Morgan fingerprint density at radius 3 is 3.04 bits per heavy atom. The van der Waals surface area contributed by atoms with E-state index in [1.165, 1.54) is 17.5 Å². The molecule has 132 valence electrons. The summed E-state index contributed by atoms with van der Waals surface area (Å²) in [6.45, 7) is 3.35. The fourth-order valence-electron chi connectivity index (χ4n) is 3.29. The number of hydrogen-bond acceptors (Lipinski definition) is 6. The zero-order chi connectivity index (χ0) is 17.1. The van der Waals surface area contributed by atoms with Crippen molar-refractivity contribution in [2.75, 3.05) is 25.1 Å². The van der Waals surface area contributed by atoms with E-state index in [1.54, 1.807) is 18.4 Å². The van der Waals surface area contributed by atoms with Crippen molar-refractivity contribution in [1.82, 2.24) is 10.3 Å². The number of para-hydroxylation sites is 1. The summed E-state index contributed by atoms with van der Waals surface area (Å²) in [6, 6.07) is 12.8. The van der Waals surface area contributed by atoms with Crippen LogP contribution in [0.5, 0.6) is 0 Å². The van der Waals surface area contributed by atoms with E-state index in [2.05, 4.69) is 28.4 Å². The number of piperidine rings is 1. The molecule has 1 fully saturated rings. The van der Waals surface area contributed by atoms with Crippen LogP contribution in [0.25, 0.3) is 10.2 Å². The van der Waals surface area contributed by atoms with E-state index < -0.39 is 0 Å². The van der Waals surface area contributed by atoms with Crippen LogP contribution in [0, 0.1) is 0 Å². The summed E-state index contributed by atoms with van der Waals surface area (Å²) in [5.41, 5.74) is 1.10. The molecule has 1 unspecified atom stereocenters. The molecule has 1 aliphatic heterocycles. The lowest BCUT2D eigenvalue weighted by Gasteiger charge is -2.32. The third kappa shape index (κ3) is 3.86. The van der Waals surface area contributed by atoms with Crippen molar-refractivity contribution in [1.29, 1.82) is 0 Å². The summed E-state index contributed by atoms with van der Waals surface area (Å²) in [6.07, 6.45) is 2.37. The van der Waals surface area contributed by atoms with Crippen molar-refractivity contribution in [2.45, 2.75) is 32.0 Å². The molecule has 0 aliphatic carbocycles. The Hall–Kier alpha value is -1.89. The molecule has 0 amide bonds. The topological polar surface area (TPSA) is 50.5 Å². The van der Waals surface area contributed by atoms with Crippen molar-refractivity contribution in [2.24, 2.45) is 0 Å². The number of ether oxygens (including phenoxy) is 1. The van der Waals surface area contributed by atoms with Gasteiger partial charge in [-0.1, -0.05) is 23.5 Å². The van der Waals surface area contributed by atoms with Crippen molar-refractivity contribution in [3.63, 3.8) is 0 Å². The molecule has 4 rings (SSSR count). The summed E-state index contributed by atoms with van der Waals surface area (Å²) in [5, 5.41) is 4.76. The summed E-state index contributed by atoms with van der Waals surface area (Å²) >= 11 is 1.78. The molecule has 25 heavy (non-hydrogen) atoms. The normalized spacial score (nSPS) is 18.1. The Bertz CT molecular complexity index is 796. The first-order valence-corrected chi connectivity index (χ1v) is 9.54. The van der Waals surface area contributed by atoms with Crippen molar-refractivity contribution < 1.29 is 9.15 Å². The molecule has 3 aromatic rings. The lowest BCUT2D eigenvalue weighted by molar-refractivity contribution is 0.162. The van der Waals surface area contributed by atoms with Gasteiger partial charge in [0.05, 0.1) is 16.8 Å². The third-order valence-corrected chi connectivity index (χ3v) is 5.64. The summed E-state index contributed by atoms with van der Waals surface area (Å²) in [7, 11) is 1.68. The summed E-state index contributed by atoms with van der Waals surface area (Å²) in [5.74, 6) is 1.84. The number of hydrogen-bond donors (Lipinski definition) is 1. The van der Waals surface area contributed by atoms with Crippen LogP contribution in [0.3, 0.4) is 0 Å². The van der Waals surface area contributed by atoms with Gasteiger partial charge in [-0.05, 0) is 37.1 Å². The van der Waals surface area contributed by atoms with Gasteiger partial charge in [0.15, 0.2) is 5.13 Å². The first-order chi connectivity index (χ1) is 12.3. The van der Waals surface area contributed by atoms with Crippen LogP contribution in [-0.2, 0) is 17.9 Å². The molecule has 0 spiro atoms. The highest BCUT2D eigenvalue weighted by Gasteiger charge is 2.22. The second kappa shape index (κ2) is 7.56. The largest absolute Gasteiger partial charge is 0.462 e. The van der Waals surface area contributed by atoms with Crippen LogP contribution in [-0.4, -0.2) is 31.2 Å². The lowest BCUT2D eigenvalue weighted by atomic mass is 10.1. The van der Waals surface area contributed by atoms with E-state index in [4.69, 9.17) is 14.1 Å². The van der Waals surface area contributed by atoms with Crippen LogP contribution in [0.4, 0.5) is 5.13 Å². The van der Waals surface area contributed by atoms with Gasteiger partial charge in [0, 0.05) is 26.2 Å². The van der Waals surface area contributed by atoms with E-state index in [-0.39, 0.29) is 0 Å². The van der Waals surface area contributed by atoms with Gasteiger partial charge in [0.25, 0.3) is 0 Å². The van der Waals surface area contributed by atoms with Gasteiger partial charge in [-0.3, -0.25) is 0 Å². The van der Waals surface area contributed by atoms with Crippen LogP contribution in [0.15, 0.2) is 40.8 Å². The van der Waals surface area contributed by atoms with Crippen molar-refractivity contribution in [3.8, 4) is 0 Å². The minimum absolute atomic E-state index is 0.455. The average molecular weight is 357 g/mol. The van der Waals surface area contributed by atoms with Crippen molar-refractivity contribution >= 4 is 26.7 Å². The highest BCUT2D eigenvalue weighted by Crippen LogP contribution is 2.30. The maximum Gasteiger partial charge on any atom is 0.186 e. The van der Waals surface area contributed by atoms with E-state index >= 15 is 0 Å². The molecular weight excluding hydrogens is 334 g/mol. The molecule has 2 aromatic heterocycles. The molecule has 1 aliphatic rings. The molecule has 1 atom stereocenters. The first kappa shape index (κ1) is 16.6. The molecule has 5 nitrogen and oxygen atoms in total. The minimum atomic E-state index is 0.455. The van der Waals surface area contributed by atoms with Crippen LogP contribution in [0.2, 0.25) is 0 Å². The number of rotatable bonds is 6. The number of fused-ring (bicyclic) bond motifs is 1. The maximum absolute atomic E-state index is 5.76. The van der Waals surface area contributed by atoms with Gasteiger partial charge in [0.2, 0.25) is 0 Å².